The van der Waals surface area contributed by atoms with Gasteiger partial charge in [-0.05, 0) is 35.3 Å². The van der Waals surface area contributed by atoms with Gasteiger partial charge >= 0.3 is 5.97 Å². The van der Waals surface area contributed by atoms with Crippen molar-refractivity contribution in [1.29, 1.82) is 0 Å². The van der Waals surface area contributed by atoms with Crippen molar-refractivity contribution in [2.24, 2.45) is 0 Å². The number of pyridine rings is 1. The Bertz CT molecular complexity index is 905. The van der Waals surface area contributed by atoms with Crippen molar-refractivity contribution in [2.45, 2.75) is 12.8 Å². The van der Waals surface area contributed by atoms with Gasteiger partial charge in [0.1, 0.15) is 4.64 Å². The van der Waals surface area contributed by atoms with Gasteiger partial charge in [0, 0.05) is 6.20 Å². The molecule has 0 bridgehead atoms. The molecule has 1 aromatic heterocycles. The number of hydrogen-bond donors (Lipinski definition) is 0. The average Bonchev–Trinajstić information content (AvgIpc) is 2.68. The number of aromatic nitrogens is 1. The molecule has 0 radical (unpaired) electrons. The van der Waals surface area contributed by atoms with Crippen LogP contribution in [0.15, 0.2) is 91.1 Å². The van der Waals surface area contributed by atoms with E-state index in [1.54, 1.807) is 24.4 Å². The van der Waals surface area contributed by atoms with Crippen LogP contribution in [0.4, 0.5) is 0 Å². The van der Waals surface area contributed by atoms with Crippen LogP contribution in [-0.2, 0) is 4.79 Å². The number of nitrogens with zero attached hydrogens (tertiary/aromatic N) is 1. The summed E-state index contributed by atoms with van der Waals surface area (Å²) < 4.78 is 1.78. The molecule has 4 heteroatoms. The highest BCUT2D eigenvalue weighted by Gasteiger charge is 2.07. The Morgan fingerprint density at radius 1 is 0.885 bits per heavy atom. The zero-order valence-corrected chi connectivity index (χ0v) is 15.1. The summed E-state index contributed by atoms with van der Waals surface area (Å²) in [6, 6.07) is 25.6. The van der Waals surface area contributed by atoms with Crippen molar-refractivity contribution in [3.8, 4) is 0 Å². The van der Waals surface area contributed by atoms with Gasteiger partial charge in [-0.2, -0.15) is 4.73 Å². The van der Waals surface area contributed by atoms with Gasteiger partial charge in [-0.1, -0.05) is 85.0 Å². The van der Waals surface area contributed by atoms with Crippen LogP contribution in [0.3, 0.4) is 0 Å². The number of allylic oxidation sites excluding steroid dienone is 1. The number of carbonyl (C=O) groups is 1. The molecule has 0 fully saturated rings. The van der Waals surface area contributed by atoms with Crippen LogP contribution in [0.25, 0.3) is 5.57 Å². The van der Waals surface area contributed by atoms with Gasteiger partial charge in [0.25, 0.3) is 0 Å². The van der Waals surface area contributed by atoms with Crippen molar-refractivity contribution in [1.82, 2.24) is 4.73 Å². The van der Waals surface area contributed by atoms with Gasteiger partial charge in [0.2, 0.25) is 0 Å². The molecular formula is C22H19NO2S. The van der Waals surface area contributed by atoms with E-state index >= 15 is 0 Å². The molecule has 1 heterocycles. The van der Waals surface area contributed by atoms with E-state index in [4.69, 9.17) is 17.1 Å². The Morgan fingerprint density at radius 2 is 1.46 bits per heavy atom. The van der Waals surface area contributed by atoms with Crippen molar-refractivity contribution >= 4 is 23.8 Å². The SMILES string of the molecule is O=C(CCC=C(c1ccccc1)c1ccccc1)On1ccccc1=S. The first kappa shape index (κ1) is 17.8. The van der Waals surface area contributed by atoms with Gasteiger partial charge in [0.15, 0.2) is 0 Å². The first-order valence-electron chi connectivity index (χ1n) is 8.44. The molecule has 0 aliphatic rings. The van der Waals surface area contributed by atoms with E-state index in [1.807, 2.05) is 36.4 Å². The second-order valence-electron chi connectivity index (χ2n) is 5.72. The van der Waals surface area contributed by atoms with Crippen molar-refractivity contribution in [3.63, 3.8) is 0 Å². The molecule has 3 aromatic rings. The summed E-state index contributed by atoms with van der Waals surface area (Å²) in [5.74, 6) is -0.316. The maximum Gasteiger partial charge on any atom is 0.333 e. The van der Waals surface area contributed by atoms with Crippen LogP contribution in [0.5, 0.6) is 0 Å². The van der Waals surface area contributed by atoms with Gasteiger partial charge in [-0.3, -0.25) is 0 Å². The van der Waals surface area contributed by atoms with Gasteiger partial charge < -0.3 is 4.84 Å². The van der Waals surface area contributed by atoms with E-state index in [9.17, 15) is 4.79 Å². The highest BCUT2D eigenvalue weighted by molar-refractivity contribution is 7.71. The van der Waals surface area contributed by atoms with Crippen LogP contribution in [0.1, 0.15) is 24.0 Å². The number of rotatable bonds is 6. The summed E-state index contributed by atoms with van der Waals surface area (Å²) in [5, 5.41) is 0. The second-order valence-corrected chi connectivity index (χ2v) is 6.13. The minimum atomic E-state index is -0.316. The molecule has 0 spiro atoms. The Labute approximate surface area is 158 Å². The highest BCUT2D eigenvalue weighted by atomic mass is 32.1. The molecule has 0 unspecified atom stereocenters. The zero-order valence-electron chi connectivity index (χ0n) is 14.2. The van der Waals surface area contributed by atoms with Gasteiger partial charge in [-0.15, -0.1) is 0 Å². The molecule has 0 saturated carbocycles. The molecule has 26 heavy (non-hydrogen) atoms. The Morgan fingerprint density at radius 3 is 2.04 bits per heavy atom. The summed E-state index contributed by atoms with van der Waals surface area (Å²) in [7, 11) is 0. The highest BCUT2D eigenvalue weighted by Crippen LogP contribution is 2.23. The van der Waals surface area contributed by atoms with E-state index in [1.165, 1.54) is 4.73 Å². The maximum absolute atomic E-state index is 12.1. The molecule has 0 saturated heterocycles. The molecule has 0 amide bonds. The average molecular weight is 361 g/mol. The first-order chi connectivity index (χ1) is 12.7. The van der Waals surface area contributed by atoms with Crippen LogP contribution in [0.2, 0.25) is 0 Å². The number of benzene rings is 2. The van der Waals surface area contributed by atoms with E-state index in [-0.39, 0.29) is 12.4 Å². The monoisotopic (exact) mass is 361 g/mol. The largest absolute Gasteiger partial charge is 0.336 e. The fourth-order valence-corrected chi connectivity index (χ4v) is 2.79. The smallest absolute Gasteiger partial charge is 0.333 e. The van der Waals surface area contributed by atoms with E-state index in [0.717, 1.165) is 16.7 Å². The van der Waals surface area contributed by atoms with Crippen LogP contribution < -0.4 is 4.84 Å². The van der Waals surface area contributed by atoms with Crippen LogP contribution >= 0.6 is 12.2 Å². The lowest BCUT2D eigenvalue weighted by Crippen LogP contribution is -2.19. The fraction of sp³-hybridized carbons (Fsp3) is 0.0909. The molecule has 130 valence electrons. The van der Waals surface area contributed by atoms with Crippen molar-refractivity contribution in [3.05, 3.63) is 107 Å². The zero-order chi connectivity index (χ0) is 18.2. The van der Waals surface area contributed by atoms with Crippen molar-refractivity contribution in [2.75, 3.05) is 0 Å². The lowest BCUT2D eigenvalue weighted by molar-refractivity contribution is -0.144. The Kier molecular flexibility index (Phi) is 6.12. The summed E-state index contributed by atoms with van der Waals surface area (Å²) in [6.45, 7) is 0. The third-order valence-corrected chi connectivity index (χ3v) is 4.17. The summed E-state index contributed by atoms with van der Waals surface area (Å²) in [6.07, 6.45) is 4.57. The summed E-state index contributed by atoms with van der Waals surface area (Å²) >= 11 is 5.13. The lowest BCUT2D eigenvalue weighted by Gasteiger charge is -2.09. The third kappa shape index (κ3) is 4.77. The Balaban J connectivity index is 1.72. The quantitative estimate of drug-likeness (QED) is 0.573. The standard InChI is InChI=1S/C22H19NO2S/c24-22(25-23-17-8-7-15-21(23)26)16-9-14-20(18-10-3-1-4-11-18)19-12-5-2-6-13-19/h1-8,10-15,17H,9,16H2. The molecular weight excluding hydrogens is 342 g/mol. The van der Waals surface area contributed by atoms with Crippen molar-refractivity contribution < 1.29 is 9.63 Å². The minimum Gasteiger partial charge on any atom is -0.336 e. The lowest BCUT2D eigenvalue weighted by atomic mass is 9.96. The topological polar surface area (TPSA) is 31.2 Å². The van der Waals surface area contributed by atoms with Crippen LogP contribution in [-0.4, -0.2) is 10.7 Å². The predicted molar refractivity (Wildman–Crippen MR) is 106 cm³/mol. The van der Waals surface area contributed by atoms with E-state index in [2.05, 4.69) is 30.3 Å². The second kappa shape index (κ2) is 8.92. The Hall–Kier alpha value is -2.98. The number of hydrogen-bond acceptors (Lipinski definition) is 3. The van der Waals surface area contributed by atoms with Gasteiger partial charge in [-0.25, -0.2) is 4.79 Å². The van der Waals surface area contributed by atoms with E-state index < -0.39 is 0 Å². The normalized spacial score (nSPS) is 10.2. The molecule has 0 aliphatic carbocycles. The third-order valence-electron chi connectivity index (χ3n) is 3.86. The molecule has 0 atom stereocenters. The number of carbonyl (C=O) groups excluding carboxylic acids is 1. The first-order valence-corrected chi connectivity index (χ1v) is 8.85. The molecule has 0 N–H and O–H groups in total. The minimum absolute atomic E-state index is 0.278. The van der Waals surface area contributed by atoms with Gasteiger partial charge in [0.05, 0.1) is 6.42 Å². The molecule has 3 nitrogen and oxygen atoms in total. The fourth-order valence-electron chi connectivity index (χ4n) is 2.62. The molecule has 0 aliphatic heterocycles. The molecule has 3 rings (SSSR count). The summed E-state index contributed by atoms with van der Waals surface area (Å²) in [5.41, 5.74) is 3.35. The van der Waals surface area contributed by atoms with Crippen LogP contribution in [0, 0.1) is 4.64 Å². The maximum atomic E-state index is 12.1. The molecule has 2 aromatic carbocycles. The summed E-state index contributed by atoms with van der Waals surface area (Å²) in [4.78, 5) is 17.4. The van der Waals surface area contributed by atoms with E-state index in [0.29, 0.717) is 11.1 Å². The predicted octanol–water partition coefficient (Wildman–Crippen LogP) is 5.08.